The number of phenols is 2. The lowest BCUT2D eigenvalue weighted by Gasteiger charge is -2.14. The molecule has 0 spiro atoms. The highest BCUT2D eigenvalue weighted by molar-refractivity contribution is 5.53. The third-order valence-electron chi connectivity index (χ3n) is 2.64. The van der Waals surface area contributed by atoms with Crippen LogP contribution in [0, 0.1) is 0 Å². The van der Waals surface area contributed by atoms with Gasteiger partial charge in [0, 0.05) is 12.7 Å². The van der Waals surface area contributed by atoms with E-state index in [2.05, 4.69) is 10.3 Å². The zero-order valence-corrected chi connectivity index (χ0v) is 11.5. The fourth-order valence-electron chi connectivity index (χ4n) is 1.72. The summed E-state index contributed by atoms with van der Waals surface area (Å²) in [5.41, 5.74) is 1.63. The summed E-state index contributed by atoms with van der Waals surface area (Å²) in [5, 5.41) is 21.9. The average molecular weight is 274 g/mol. The molecule has 1 heterocycles. The summed E-state index contributed by atoms with van der Waals surface area (Å²) in [7, 11) is 0. The Morgan fingerprint density at radius 1 is 1.20 bits per heavy atom. The van der Waals surface area contributed by atoms with E-state index in [0.717, 1.165) is 11.3 Å². The van der Waals surface area contributed by atoms with Crippen molar-refractivity contribution in [1.29, 1.82) is 0 Å². The number of pyridine rings is 1. The van der Waals surface area contributed by atoms with Crippen molar-refractivity contribution in [2.24, 2.45) is 0 Å². The van der Waals surface area contributed by atoms with Gasteiger partial charge in [-0.1, -0.05) is 6.07 Å². The number of hydrogen-bond acceptors (Lipinski definition) is 5. The van der Waals surface area contributed by atoms with Crippen LogP contribution in [0.2, 0.25) is 0 Å². The van der Waals surface area contributed by atoms with Crippen molar-refractivity contribution in [2.75, 3.05) is 5.32 Å². The minimum atomic E-state index is -0.130. The predicted molar refractivity (Wildman–Crippen MR) is 77.1 cm³/mol. The number of phenolic OH excluding ortho intramolecular Hbond substituents is 2. The van der Waals surface area contributed by atoms with Crippen molar-refractivity contribution in [3.8, 4) is 17.4 Å². The summed E-state index contributed by atoms with van der Waals surface area (Å²) in [5.74, 6) is 0.290. The largest absolute Gasteiger partial charge is 0.504 e. The highest BCUT2D eigenvalue weighted by atomic mass is 16.5. The first-order valence-electron chi connectivity index (χ1n) is 6.42. The summed E-state index contributed by atoms with van der Waals surface area (Å²) in [6.07, 6.45) is 1.72. The molecule has 3 N–H and O–H groups in total. The number of ether oxygens (including phenoxy) is 1. The fourth-order valence-corrected chi connectivity index (χ4v) is 1.72. The van der Waals surface area contributed by atoms with Crippen molar-refractivity contribution in [3.63, 3.8) is 0 Å². The molecule has 1 aromatic carbocycles. The van der Waals surface area contributed by atoms with E-state index in [1.807, 2.05) is 26.0 Å². The molecule has 0 aliphatic rings. The molecule has 1 aromatic heterocycles. The van der Waals surface area contributed by atoms with E-state index in [9.17, 15) is 10.2 Å². The first-order valence-corrected chi connectivity index (χ1v) is 6.42. The first-order chi connectivity index (χ1) is 9.56. The van der Waals surface area contributed by atoms with Gasteiger partial charge in [-0.3, -0.25) is 0 Å². The van der Waals surface area contributed by atoms with Gasteiger partial charge in [0.05, 0.1) is 11.8 Å². The third kappa shape index (κ3) is 3.54. The molecule has 0 atom stereocenters. The van der Waals surface area contributed by atoms with Gasteiger partial charge in [-0.25, -0.2) is 4.98 Å². The number of aromatic hydroxyl groups is 2. The molecule has 5 heteroatoms. The van der Waals surface area contributed by atoms with Crippen LogP contribution in [0.3, 0.4) is 0 Å². The lowest BCUT2D eigenvalue weighted by molar-refractivity contribution is 0.234. The maximum absolute atomic E-state index is 9.46. The number of nitrogens with one attached hydrogen (secondary N) is 1. The zero-order valence-electron chi connectivity index (χ0n) is 11.5. The molecule has 0 aliphatic carbocycles. The van der Waals surface area contributed by atoms with Crippen LogP contribution < -0.4 is 10.1 Å². The second kappa shape index (κ2) is 6.14. The molecular weight excluding hydrogens is 256 g/mol. The SMILES string of the molecule is CC(C)Oc1ncccc1NCc1ccc(O)c(O)c1. The highest BCUT2D eigenvalue weighted by Gasteiger charge is 2.07. The van der Waals surface area contributed by atoms with Crippen molar-refractivity contribution >= 4 is 5.69 Å². The second-order valence-corrected chi connectivity index (χ2v) is 4.70. The van der Waals surface area contributed by atoms with Crippen LogP contribution in [0.4, 0.5) is 5.69 Å². The van der Waals surface area contributed by atoms with Crippen molar-refractivity contribution in [3.05, 3.63) is 42.1 Å². The average Bonchev–Trinajstić information content (AvgIpc) is 2.41. The first kappa shape index (κ1) is 14.0. The summed E-state index contributed by atoms with van der Waals surface area (Å²) in [6.45, 7) is 4.38. The van der Waals surface area contributed by atoms with Crippen molar-refractivity contribution in [2.45, 2.75) is 26.5 Å². The van der Waals surface area contributed by atoms with Gasteiger partial charge >= 0.3 is 0 Å². The molecule has 106 valence electrons. The molecule has 2 aromatic rings. The maximum atomic E-state index is 9.46. The summed E-state index contributed by atoms with van der Waals surface area (Å²) >= 11 is 0. The van der Waals surface area contributed by atoms with E-state index >= 15 is 0 Å². The molecule has 0 amide bonds. The van der Waals surface area contributed by atoms with Gasteiger partial charge in [0.15, 0.2) is 11.5 Å². The second-order valence-electron chi connectivity index (χ2n) is 4.70. The fraction of sp³-hybridized carbons (Fsp3) is 0.267. The lowest BCUT2D eigenvalue weighted by atomic mass is 10.2. The number of anilines is 1. The van der Waals surface area contributed by atoms with Gasteiger partial charge in [-0.2, -0.15) is 0 Å². The molecule has 5 nitrogen and oxygen atoms in total. The Balaban J connectivity index is 2.08. The van der Waals surface area contributed by atoms with Gasteiger partial charge in [-0.15, -0.1) is 0 Å². The van der Waals surface area contributed by atoms with E-state index in [1.165, 1.54) is 12.1 Å². The molecule has 0 saturated heterocycles. The summed E-state index contributed by atoms with van der Waals surface area (Å²) < 4.78 is 5.61. The Morgan fingerprint density at radius 3 is 2.70 bits per heavy atom. The van der Waals surface area contributed by atoms with Crippen LogP contribution in [0.15, 0.2) is 36.5 Å². The Bertz CT molecular complexity index is 585. The van der Waals surface area contributed by atoms with Crippen LogP contribution in [-0.4, -0.2) is 21.3 Å². The van der Waals surface area contributed by atoms with Gasteiger partial charge < -0.3 is 20.3 Å². The summed E-state index contributed by atoms with van der Waals surface area (Å²) in [4.78, 5) is 4.19. The Hall–Kier alpha value is -2.43. The summed E-state index contributed by atoms with van der Waals surface area (Å²) in [6, 6.07) is 8.42. The van der Waals surface area contributed by atoms with Gasteiger partial charge in [-0.05, 0) is 43.7 Å². The minimum absolute atomic E-state index is 0.0446. The smallest absolute Gasteiger partial charge is 0.237 e. The number of benzene rings is 1. The monoisotopic (exact) mass is 274 g/mol. The molecule has 20 heavy (non-hydrogen) atoms. The zero-order chi connectivity index (χ0) is 14.5. The van der Waals surface area contributed by atoms with Gasteiger partial charge in [0.25, 0.3) is 0 Å². The molecule has 0 unspecified atom stereocenters. The number of rotatable bonds is 5. The third-order valence-corrected chi connectivity index (χ3v) is 2.64. The van der Waals surface area contributed by atoms with Crippen molar-refractivity contribution in [1.82, 2.24) is 4.98 Å². The molecule has 0 aliphatic heterocycles. The molecule has 0 radical (unpaired) electrons. The maximum Gasteiger partial charge on any atom is 0.237 e. The Kier molecular flexibility index (Phi) is 4.30. The van der Waals surface area contributed by atoms with E-state index in [1.54, 1.807) is 12.3 Å². The molecular formula is C15H18N2O3. The molecule has 0 saturated carbocycles. The Morgan fingerprint density at radius 2 is 2.00 bits per heavy atom. The molecule has 0 fully saturated rings. The normalized spacial score (nSPS) is 10.6. The lowest BCUT2D eigenvalue weighted by Crippen LogP contribution is -2.10. The van der Waals surface area contributed by atoms with Crippen LogP contribution in [0.5, 0.6) is 17.4 Å². The van der Waals surface area contributed by atoms with E-state index < -0.39 is 0 Å². The van der Waals surface area contributed by atoms with Crippen LogP contribution in [-0.2, 0) is 6.54 Å². The van der Waals surface area contributed by atoms with Gasteiger partial charge in [0.2, 0.25) is 5.88 Å². The van der Waals surface area contributed by atoms with Crippen LogP contribution in [0.1, 0.15) is 19.4 Å². The predicted octanol–water partition coefficient (Wildman–Crippen LogP) is 2.89. The topological polar surface area (TPSA) is 74.6 Å². The quantitative estimate of drug-likeness (QED) is 0.731. The van der Waals surface area contributed by atoms with E-state index in [-0.39, 0.29) is 17.6 Å². The van der Waals surface area contributed by atoms with Crippen molar-refractivity contribution < 1.29 is 14.9 Å². The molecule has 0 bridgehead atoms. The number of aromatic nitrogens is 1. The Labute approximate surface area is 117 Å². The van der Waals surface area contributed by atoms with E-state index in [4.69, 9.17) is 4.74 Å². The number of hydrogen-bond donors (Lipinski definition) is 3. The van der Waals surface area contributed by atoms with Crippen LogP contribution in [0.25, 0.3) is 0 Å². The molecule has 2 rings (SSSR count). The van der Waals surface area contributed by atoms with E-state index in [0.29, 0.717) is 12.4 Å². The standard InChI is InChI=1S/C15H18N2O3/c1-10(2)20-15-12(4-3-7-16-15)17-9-11-5-6-13(18)14(19)8-11/h3-8,10,17-19H,9H2,1-2H3. The highest BCUT2D eigenvalue weighted by Crippen LogP contribution is 2.26. The van der Waals surface area contributed by atoms with Crippen LogP contribution >= 0.6 is 0 Å². The minimum Gasteiger partial charge on any atom is -0.504 e. The van der Waals surface area contributed by atoms with Gasteiger partial charge in [0.1, 0.15) is 0 Å². The number of nitrogens with zero attached hydrogens (tertiary/aromatic N) is 1.